The molecule has 0 aliphatic heterocycles. The number of aliphatic carboxylic acids is 1. The first-order valence-electron chi connectivity index (χ1n) is 10.5. The first-order valence-corrected chi connectivity index (χ1v) is 12.0. The van der Waals surface area contributed by atoms with Gasteiger partial charge in [-0.15, -0.1) is 11.3 Å². The zero-order valence-corrected chi connectivity index (χ0v) is 19.3. The maximum atomic E-state index is 11.8. The molecule has 7 heteroatoms. The summed E-state index contributed by atoms with van der Waals surface area (Å²) in [4.78, 5) is 17.9. The lowest BCUT2D eigenvalue weighted by Gasteiger charge is -2.13. The van der Waals surface area contributed by atoms with E-state index in [1.54, 1.807) is 17.4 Å². The van der Waals surface area contributed by atoms with Crippen LogP contribution in [0.3, 0.4) is 0 Å². The van der Waals surface area contributed by atoms with Gasteiger partial charge in [-0.05, 0) is 42.9 Å². The van der Waals surface area contributed by atoms with E-state index in [4.69, 9.17) is 28.2 Å². The Labute approximate surface area is 196 Å². The third-order valence-electron chi connectivity index (χ3n) is 5.75. The summed E-state index contributed by atoms with van der Waals surface area (Å²) < 4.78 is 0. The zero-order chi connectivity index (χ0) is 21.8. The number of anilines is 1. The van der Waals surface area contributed by atoms with Crippen LogP contribution < -0.4 is 5.32 Å². The molecule has 3 aromatic rings. The molecule has 0 radical (unpaired) electrons. The van der Waals surface area contributed by atoms with Gasteiger partial charge in [0.05, 0.1) is 21.7 Å². The minimum absolute atomic E-state index is 0.322. The Morgan fingerprint density at radius 1 is 1.13 bits per heavy atom. The molecule has 0 saturated heterocycles. The van der Waals surface area contributed by atoms with Crippen LogP contribution in [0.1, 0.15) is 42.0 Å². The lowest BCUT2D eigenvalue weighted by molar-refractivity contribution is -0.141. The van der Waals surface area contributed by atoms with Crippen LogP contribution in [-0.4, -0.2) is 22.6 Å². The molecule has 1 fully saturated rings. The van der Waals surface area contributed by atoms with E-state index in [-0.39, 0.29) is 0 Å². The maximum Gasteiger partial charge on any atom is 0.308 e. The number of carbonyl (C=O) groups is 1. The highest BCUT2D eigenvalue weighted by Crippen LogP contribution is 2.44. The summed E-state index contributed by atoms with van der Waals surface area (Å²) in [6.45, 7) is 0.322. The monoisotopic (exact) mass is 474 g/mol. The highest BCUT2D eigenvalue weighted by Gasteiger charge is 2.26. The van der Waals surface area contributed by atoms with Crippen molar-refractivity contribution in [3.8, 4) is 11.3 Å². The molecule has 1 aliphatic rings. The summed E-state index contributed by atoms with van der Waals surface area (Å²) in [6, 6.07) is 15.3. The van der Waals surface area contributed by atoms with Crippen LogP contribution in [0.2, 0.25) is 10.0 Å². The molecule has 4 rings (SSSR count). The van der Waals surface area contributed by atoms with E-state index in [9.17, 15) is 9.90 Å². The van der Waals surface area contributed by atoms with Gasteiger partial charge in [0, 0.05) is 17.0 Å². The second kappa shape index (κ2) is 10.0. The summed E-state index contributed by atoms with van der Waals surface area (Å²) in [5, 5.41) is 14.8. The Morgan fingerprint density at radius 2 is 1.87 bits per heavy atom. The molecule has 1 atom stereocenters. The van der Waals surface area contributed by atoms with Gasteiger partial charge in [-0.2, -0.15) is 0 Å². The minimum atomic E-state index is -0.811. The number of rotatable bonds is 8. The van der Waals surface area contributed by atoms with Gasteiger partial charge in [0.1, 0.15) is 0 Å². The van der Waals surface area contributed by atoms with E-state index in [0.717, 1.165) is 34.8 Å². The van der Waals surface area contributed by atoms with E-state index < -0.39 is 11.9 Å². The summed E-state index contributed by atoms with van der Waals surface area (Å²) >= 11 is 14.0. The zero-order valence-electron chi connectivity index (χ0n) is 17.0. The number of carboxylic acids is 1. The van der Waals surface area contributed by atoms with Crippen LogP contribution in [-0.2, 0) is 11.2 Å². The number of hydrogen-bond acceptors (Lipinski definition) is 4. The molecular formula is C24H24Cl2N2O2S. The second-order valence-electron chi connectivity index (χ2n) is 7.95. The topological polar surface area (TPSA) is 62.2 Å². The van der Waals surface area contributed by atoms with Crippen molar-refractivity contribution in [1.82, 2.24) is 4.98 Å². The Hall–Kier alpha value is -2.08. The Bertz CT molecular complexity index is 1050. The minimum Gasteiger partial charge on any atom is -0.481 e. The summed E-state index contributed by atoms with van der Waals surface area (Å²) in [7, 11) is 0. The van der Waals surface area contributed by atoms with Gasteiger partial charge in [-0.3, -0.25) is 4.79 Å². The molecule has 2 aromatic carbocycles. The molecule has 1 aromatic heterocycles. The van der Waals surface area contributed by atoms with Gasteiger partial charge in [0.25, 0.3) is 0 Å². The fourth-order valence-corrected chi connectivity index (χ4v) is 5.54. The quantitative estimate of drug-likeness (QED) is 0.364. The molecule has 31 heavy (non-hydrogen) atoms. The van der Waals surface area contributed by atoms with E-state index in [1.807, 2.05) is 42.5 Å². The summed E-state index contributed by atoms with van der Waals surface area (Å²) in [5.41, 5.74) is 2.88. The van der Waals surface area contributed by atoms with E-state index in [1.165, 1.54) is 17.7 Å². The molecule has 0 spiro atoms. The fourth-order valence-electron chi connectivity index (χ4n) is 4.08. The lowest BCUT2D eigenvalue weighted by atomic mass is 9.99. The van der Waals surface area contributed by atoms with Crippen molar-refractivity contribution >= 4 is 45.6 Å². The van der Waals surface area contributed by atoms with Gasteiger partial charge in [0.2, 0.25) is 0 Å². The van der Waals surface area contributed by atoms with Crippen LogP contribution in [0.5, 0.6) is 0 Å². The van der Waals surface area contributed by atoms with E-state index >= 15 is 0 Å². The number of carboxylic acid groups (broad SMARTS) is 1. The average molecular weight is 475 g/mol. The smallest absolute Gasteiger partial charge is 0.308 e. The third-order valence-corrected chi connectivity index (χ3v) is 7.66. The number of nitrogens with one attached hydrogen (secondary N) is 1. The highest BCUT2D eigenvalue weighted by atomic mass is 35.5. The number of halogens is 2. The van der Waals surface area contributed by atoms with Gasteiger partial charge < -0.3 is 10.4 Å². The molecule has 1 unspecified atom stereocenters. The molecule has 4 nitrogen and oxygen atoms in total. The Morgan fingerprint density at radius 3 is 2.55 bits per heavy atom. The van der Waals surface area contributed by atoms with E-state index in [2.05, 4.69) is 5.32 Å². The van der Waals surface area contributed by atoms with Crippen LogP contribution >= 0.6 is 34.5 Å². The van der Waals surface area contributed by atoms with Crippen molar-refractivity contribution < 1.29 is 9.90 Å². The van der Waals surface area contributed by atoms with Crippen molar-refractivity contribution in [1.29, 1.82) is 0 Å². The maximum absolute atomic E-state index is 11.8. The fraction of sp³-hybridized carbons (Fsp3) is 0.333. The number of nitrogens with zero attached hydrogens (tertiary/aromatic N) is 1. The van der Waals surface area contributed by atoms with Crippen LogP contribution in [0.25, 0.3) is 11.3 Å². The highest BCUT2D eigenvalue weighted by molar-refractivity contribution is 7.16. The van der Waals surface area contributed by atoms with Crippen molar-refractivity contribution in [2.24, 2.45) is 5.92 Å². The molecule has 162 valence electrons. The molecule has 1 heterocycles. The average Bonchev–Trinajstić information content (AvgIpc) is 3.43. The second-order valence-corrected chi connectivity index (χ2v) is 9.79. The SMILES string of the molecule is O=C(O)C(CNc1nc(-c2ccc(Cl)c(Cl)c2)c(C2CCCC2)s1)Cc1ccccc1. The predicted octanol–water partition coefficient (Wildman–Crippen LogP) is 7.13. The Kier molecular flexibility index (Phi) is 7.16. The van der Waals surface area contributed by atoms with E-state index in [0.29, 0.717) is 28.9 Å². The van der Waals surface area contributed by atoms with Gasteiger partial charge in [0.15, 0.2) is 5.13 Å². The summed E-state index contributed by atoms with van der Waals surface area (Å²) in [5.74, 6) is -0.861. The first kappa shape index (κ1) is 22.1. The molecule has 0 amide bonds. The number of benzene rings is 2. The molecular weight excluding hydrogens is 451 g/mol. The van der Waals surface area contributed by atoms with Crippen molar-refractivity contribution in [3.63, 3.8) is 0 Å². The number of thiazole rings is 1. The first-order chi connectivity index (χ1) is 15.0. The van der Waals surface area contributed by atoms with Crippen molar-refractivity contribution in [3.05, 3.63) is 69.0 Å². The third kappa shape index (κ3) is 5.40. The van der Waals surface area contributed by atoms with Gasteiger partial charge in [-0.25, -0.2) is 4.98 Å². The van der Waals surface area contributed by atoms with Crippen molar-refractivity contribution in [2.45, 2.75) is 38.0 Å². The van der Waals surface area contributed by atoms with Crippen LogP contribution in [0.4, 0.5) is 5.13 Å². The van der Waals surface area contributed by atoms with Crippen molar-refractivity contribution in [2.75, 3.05) is 11.9 Å². The van der Waals surface area contributed by atoms with Gasteiger partial charge in [-0.1, -0.05) is 72.4 Å². The molecule has 0 bridgehead atoms. The molecule has 1 aliphatic carbocycles. The predicted molar refractivity (Wildman–Crippen MR) is 129 cm³/mol. The lowest BCUT2D eigenvalue weighted by Crippen LogP contribution is -2.25. The largest absolute Gasteiger partial charge is 0.481 e. The van der Waals surface area contributed by atoms with Crippen LogP contribution in [0.15, 0.2) is 48.5 Å². The molecule has 1 saturated carbocycles. The normalized spacial score (nSPS) is 15.2. The Balaban J connectivity index is 1.56. The number of aromatic nitrogens is 1. The van der Waals surface area contributed by atoms with Gasteiger partial charge >= 0.3 is 5.97 Å². The van der Waals surface area contributed by atoms with Crippen LogP contribution in [0, 0.1) is 5.92 Å². The summed E-state index contributed by atoms with van der Waals surface area (Å²) in [6.07, 6.45) is 5.24. The molecule has 2 N–H and O–H groups in total. The standard InChI is InChI=1S/C24H24Cl2N2O2S/c25-19-11-10-17(13-20(19)26)21-22(16-8-4-5-9-16)31-24(28-21)27-14-18(23(29)30)12-15-6-2-1-3-7-15/h1-3,6-7,10-11,13,16,18H,4-5,8-9,12,14H2,(H,27,28)(H,29,30). The number of hydrogen-bond donors (Lipinski definition) is 2.